The summed E-state index contributed by atoms with van der Waals surface area (Å²) in [7, 11) is 0. The summed E-state index contributed by atoms with van der Waals surface area (Å²) < 4.78 is 0.866. The summed E-state index contributed by atoms with van der Waals surface area (Å²) in [5, 5.41) is 19.8. The van der Waals surface area contributed by atoms with Crippen LogP contribution < -0.4 is 16.0 Å². The van der Waals surface area contributed by atoms with Crippen molar-refractivity contribution in [2.24, 2.45) is 4.99 Å². The molecule has 158 valence electrons. The summed E-state index contributed by atoms with van der Waals surface area (Å²) >= 11 is 3.36. The fraction of sp³-hybridized carbons (Fsp3) is 0.333. The Morgan fingerprint density at radius 2 is 1.76 bits per heavy atom. The fourth-order valence-corrected chi connectivity index (χ4v) is 2.95. The molecule has 1 amide bonds. The molecule has 6 nitrogen and oxygen atoms in total. The number of hydrogen-bond donors (Lipinski definition) is 4. The van der Waals surface area contributed by atoms with E-state index in [9.17, 15) is 9.90 Å². The predicted octanol–water partition coefficient (Wildman–Crippen LogP) is 3.26. The average Bonchev–Trinajstić information content (AvgIpc) is 2.69. The van der Waals surface area contributed by atoms with Crippen LogP contribution in [0.3, 0.4) is 0 Å². The van der Waals surface area contributed by atoms with Gasteiger partial charge >= 0.3 is 0 Å². The van der Waals surface area contributed by atoms with Crippen LogP contribution in [0.15, 0.2) is 64.1 Å². The Balaban J connectivity index is 0.00000420. The molecule has 4 N–H and O–H groups in total. The number of aliphatic hydroxyl groups is 1. The molecule has 8 heteroatoms. The van der Waals surface area contributed by atoms with Crippen molar-refractivity contribution in [1.29, 1.82) is 0 Å². The van der Waals surface area contributed by atoms with E-state index in [-0.39, 0.29) is 36.4 Å². The molecule has 1 unspecified atom stereocenters. The van der Waals surface area contributed by atoms with Gasteiger partial charge in [-0.3, -0.25) is 4.79 Å². The summed E-state index contributed by atoms with van der Waals surface area (Å²) in [6, 6.07) is 16.7. The first-order valence-corrected chi connectivity index (χ1v) is 10.1. The molecular weight excluding hydrogens is 547 g/mol. The highest BCUT2D eigenvalue weighted by Crippen LogP contribution is 2.20. The van der Waals surface area contributed by atoms with E-state index in [4.69, 9.17) is 0 Å². The Morgan fingerprint density at radius 3 is 2.41 bits per heavy atom. The van der Waals surface area contributed by atoms with Crippen molar-refractivity contribution >= 4 is 51.8 Å². The van der Waals surface area contributed by atoms with E-state index in [1.54, 1.807) is 19.1 Å². The molecule has 0 spiro atoms. The molecule has 1 atom stereocenters. The second kappa shape index (κ2) is 12.8. The van der Waals surface area contributed by atoms with Gasteiger partial charge in [-0.15, -0.1) is 24.0 Å². The summed E-state index contributed by atoms with van der Waals surface area (Å²) in [6.07, 6.45) is 0. The van der Waals surface area contributed by atoms with Gasteiger partial charge in [0.1, 0.15) is 5.60 Å². The number of guanidine groups is 1. The number of nitrogens with one attached hydrogen (secondary N) is 3. The first kappa shape index (κ1) is 25.4. The third-order valence-corrected chi connectivity index (χ3v) is 4.57. The van der Waals surface area contributed by atoms with Crippen molar-refractivity contribution in [2.45, 2.75) is 19.4 Å². The summed E-state index contributed by atoms with van der Waals surface area (Å²) in [4.78, 5) is 16.6. The molecule has 2 rings (SSSR count). The molecule has 0 saturated heterocycles. The zero-order chi connectivity index (χ0) is 20.4. The minimum absolute atomic E-state index is 0. The van der Waals surface area contributed by atoms with Crippen molar-refractivity contribution in [3.63, 3.8) is 0 Å². The quantitative estimate of drug-likeness (QED) is 0.169. The third-order valence-electron chi connectivity index (χ3n) is 4.07. The highest BCUT2D eigenvalue weighted by Gasteiger charge is 2.22. The lowest BCUT2D eigenvalue weighted by Gasteiger charge is -2.22. The first-order chi connectivity index (χ1) is 13.4. The Kier molecular flexibility index (Phi) is 11.2. The molecule has 0 aliphatic heterocycles. The average molecular weight is 575 g/mol. The molecule has 0 heterocycles. The molecule has 0 saturated carbocycles. The van der Waals surface area contributed by atoms with E-state index in [2.05, 4.69) is 36.9 Å². The smallest absolute Gasteiger partial charge is 0.251 e. The summed E-state index contributed by atoms with van der Waals surface area (Å²) in [6.45, 7) is 5.60. The monoisotopic (exact) mass is 574 g/mol. The van der Waals surface area contributed by atoms with Crippen LogP contribution >= 0.6 is 39.9 Å². The van der Waals surface area contributed by atoms with Crippen LogP contribution in [0.2, 0.25) is 0 Å². The van der Waals surface area contributed by atoms with Gasteiger partial charge in [-0.25, -0.2) is 4.99 Å². The maximum absolute atomic E-state index is 12.1. The van der Waals surface area contributed by atoms with Gasteiger partial charge < -0.3 is 21.1 Å². The highest BCUT2D eigenvalue weighted by atomic mass is 127. The number of carbonyl (C=O) groups excluding carboxylic acids is 1. The predicted molar refractivity (Wildman–Crippen MR) is 132 cm³/mol. The van der Waals surface area contributed by atoms with Gasteiger partial charge in [-0.05, 0) is 37.6 Å². The lowest BCUT2D eigenvalue weighted by molar-refractivity contribution is 0.0672. The second-order valence-corrected chi connectivity index (χ2v) is 7.44. The normalized spacial score (nSPS) is 13.0. The molecule has 0 aliphatic rings. The van der Waals surface area contributed by atoms with Gasteiger partial charge in [0, 0.05) is 29.7 Å². The maximum Gasteiger partial charge on any atom is 0.251 e. The van der Waals surface area contributed by atoms with E-state index in [0.29, 0.717) is 31.2 Å². The van der Waals surface area contributed by atoms with E-state index in [0.717, 1.165) is 10.0 Å². The number of rotatable bonds is 8. The number of aliphatic imine (C=N–C) groups is 1. The summed E-state index contributed by atoms with van der Waals surface area (Å²) in [5.41, 5.74) is 0.364. The minimum Gasteiger partial charge on any atom is -0.384 e. The van der Waals surface area contributed by atoms with Crippen LogP contribution in [0.25, 0.3) is 0 Å². The van der Waals surface area contributed by atoms with Crippen LogP contribution in [0.1, 0.15) is 29.8 Å². The lowest BCUT2D eigenvalue weighted by Crippen LogP contribution is -2.42. The number of hydrogen-bond acceptors (Lipinski definition) is 3. The van der Waals surface area contributed by atoms with Crippen molar-refractivity contribution in [3.05, 3.63) is 70.2 Å². The number of halogens is 2. The Morgan fingerprint density at radius 1 is 1.07 bits per heavy atom. The molecule has 0 aromatic heterocycles. The van der Waals surface area contributed by atoms with Crippen LogP contribution in [0, 0.1) is 0 Å². The van der Waals surface area contributed by atoms with Gasteiger partial charge in [0.05, 0.1) is 6.54 Å². The molecule has 0 aliphatic carbocycles. The second-order valence-electron chi connectivity index (χ2n) is 6.53. The SMILES string of the molecule is CCNC(=NCC(C)(O)c1ccccc1)NCCNC(=O)c1cccc(Br)c1.I. The van der Waals surface area contributed by atoms with Crippen LogP contribution in [0.5, 0.6) is 0 Å². The molecular formula is C21H28BrIN4O2. The zero-order valence-electron chi connectivity index (χ0n) is 16.6. The highest BCUT2D eigenvalue weighted by molar-refractivity contribution is 14.0. The molecule has 0 fully saturated rings. The van der Waals surface area contributed by atoms with Crippen molar-refractivity contribution in [1.82, 2.24) is 16.0 Å². The lowest BCUT2D eigenvalue weighted by atomic mass is 9.96. The Hall–Kier alpha value is -1.65. The van der Waals surface area contributed by atoms with Gasteiger partial charge in [0.15, 0.2) is 5.96 Å². The Labute approximate surface area is 197 Å². The molecule has 0 bridgehead atoms. The maximum atomic E-state index is 12.1. The van der Waals surface area contributed by atoms with Crippen LogP contribution in [-0.2, 0) is 5.60 Å². The summed E-state index contributed by atoms with van der Waals surface area (Å²) in [5.74, 6) is 0.465. The van der Waals surface area contributed by atoms with Gasteiger partial charge in [0.2, 0.25) is 0 Å². The third kappa shape index (κ3) is 8.71. The van der Waals surface area contributed by atoms with Crippen molar-refractivity contribution < 1.29 is 9.90 Å². The van der Waals surface area contributed by atoms with Crippen LogP contribution in [0.4, 0.5) is 0 Å². The van der Waals surface area contributed by atoms with Crippen LogP contribution in [-0.4, -0.2) is 43.2 Å². The van der Waals surface area contributed by atoms with Crippen molar-refractivity contribution in [3.8, 4) is 0 Å². The molecule has 2 aromatic rings. The number of nitrogens with zero attached hydrogens (tertiary/aromatic N) is 1. The number of amides is 1. The minimum atomic E-state index is -1.06. The van der Waals surface area contributed by atoms with E-state index in [1.165, 1.54) is 0 Å². The molecule has 29 heavy (non-hydrogen) atoms. The molecule has 2 aromatic carbocycles. The number of carbonyl (C=O) groups is 1. The van der Waals surface area contributed by atoms with Crippen molar-refractivity contribution in [2.75, 3.05) is 26.2 Å². The Bertz CT molecular complexity index is 800. The van der Waals surface area contributed by atoms with E-state index < -0.39 is 5.60 Å². The van der Waals surface area contributed by atoms with E-state index >= 15 is 0 Å². The fourth-order valence-electron chi connectivity index (χ4n) is 2.55. The van der Waals surface area contributed by atoms with Gasteiger partial charge in [-0.1, -0.05) is 52.3 Å². The zero-order valence-corrected chi connectivity index (χ0v) is 20.5. The standard InChI is InChI=1S/C21H27BrN4O2.HI/c1-3-23-20(26-15-21(2,28)17-9-5-4-6-10-17)25-13-12-24-19(27)16-8-7-11-18(22)14-16;/h4-11,14,28H,3,12-13,15H2,1-2H3,(H,24,27)(H2,23,25,26);1H. The largest absolute Gasteiger partial charge is 0.384 e. The topological polar surface area (TPSA) is 85.8 Å². The van der Waals surface area contributed by atoms with Gasteiger partial charge in [0.25, 0.3) is 5.91 Å². The first-order valence-electron chi connectivity index (χ1n) is 9.26. The number of benzene rings is 2. The van der Waals surface area contributed by atoms with Gasteiger partial charge in [-0.2, -0.15) is 0 Å². The molecule has 0 radical (unpaired) electrons. The van der Waals surface area contributed by atoms with E-state index in [1.807, 2.05) is 49.4 Å².